The van der Waals surface area contributed by atoms with E-state index in [2.05, 4.69) is 4.98 Å². The van der Waals surface area contributed by atoms with Gasteiger partial charge in [-0.15, -0.1) is 11.3 Å². The first-order valence-electron chi connectivity index (χ1n) is 4.70. The summed E-state index contributed by atoms with van der Waals surface area (Å²) in [6.45, 7) is 1.85. The van der Waals surface area contributed by atoms with Crippen molar-refractivity contribution in [2.45, 2.75) is 13.0 Å². The van der Waals surface area contributed by atoms with Gasteiger partial charge >= 0.3 is 0 Å². The fourth-order valence-corrected chi connectivity index (χ4v) is 2.08. The van der Waals surface area contributed by atoms with Crippen molar-refractivity contribution >= 4 is 11.3 Å². The minimum absolute atomic E-state index is 0.256. The molecule has 2 rings (SSSR count). The molecule has 1 unspecified atom stereocenters. The summed E-state index contributed by atoms with van der Waals surface area (Å²) in [7, 11) is 0. The Balaban J connectivity index is 2.37. The average molecular weight is 240 g/mol. The largest absolute Gasteiger partial charge is 0.319 e. The summed E-state index contributed by atoms with van der Waals surface area (Å²) in [6.07, 6.45) is 0. The number of aryl methyl sites for hydroxylation is 1. The van der Waals surface area contributed by atoms with Gasteiger partial charge in [-0.1, -0.05) is 6.07 Å². The van der Waals surface area contributed by atoms with E-state index >= 15 is 0 Å². The lowest BCUT2D eigenvalue weighted by atomic mass is 10.0. The molecule has 2 aromatic rings. The second-order valence-electron chi connectivity index (χ2n) is 3.43. The minimum Gasteiger partial charge on any atom is -0.319 e. The molecule has 2 N–H and O–H groups in total. The van der Waals surface area contributed by atoms with Crippen LogP contribution in [0.15, 0.2) is 23.6 Å². The summed E-state index contributed by atoms with van der Waals surface area (Å²) in [4.78, 5) is 4.18. The number of thiazole rings is 1. The quantitative estimate of drug-likeness (QED) is 0.876. The second-order valence-corrected chi connectivity index (χ2v) is 4.50. The zero-order valence-corrected chi connectivity index (χ0v) is 9.39. The van der Waals surface area contributed by atoms with Crippen molar-refractivity contribution in [3.63, 3.8) is 0 Å². The van der Waals surface area contributed by atoms with Crippen LogP contribution in [-0.4, -0.2) is 4.98 Å². The molecule has 0 saturated carbocycles. The Labute approximate surface area is 95.7 Å². The highest BCUT2D eigenvalue weighted by molar-refractivity contribution is 7.09. The maximum absolute atomic E-state index is 13.4. The maximum atomic E-state index is 13.4. The first-order valence-corrected chi connectivity index (χ1v) is 5.58. The molecule has 0 bridgehead atoms. The third-order valence-electron chi connectivity index (χ3n) is 2.25. The number of nitrogens with zero attached hydrogens (tertiary/aromatic N) is 1. The lowest BCUT2D eigenvalue weighted by Crippen LogP contribution is -2.14. The van der Waals surface area contributed by atoms with E-state index < -0.39 is 17.7 Å². The molecule has 0 saturated heterocycles. The summed E-state index contributed by atoms with van der Waals surface area (Å²) in [6, 6.07) is 2.72. The molecule has 0 aliphatic rings. The van der Waals surface area contributed by atoms with E-state index in [9.17, 15) is 8.78 Å². The summed E-state index contributed by atoms with van der Waals surface area (Å²) in [5.74, 6) is -1.25. The lowest BCUT2D eigenvalue weighted by Gasteiger charge is -2.10. The molecular weight excluding hydrogens is 230 g/mol. The molecule has 84 valence electrons. The monoisotopic (exact) mass is 240 g/mol. The Bertz CT molecular complexity index is 510. The molecule has 1 heterocycles. The zero-order valence-electron chi connectivity index (χ0n) is 8.58. The van der Waals surface area contributed by atoms with Gasteiger partial charge in [0.2, 0.25) is 0 Å². The van der Waals surface area contributed by atoms with Crippen LogP contribution in [0.1, 0.15) is 22.3 Å². The molecule has 5 heteroatoms. The van der Waals surface area contributed by atoms with Crippen LogP contribution in [0.25, 0.3) is 0 Å². The van der Waals surface area contributed by atoms with Crippen LogP contribution < -0.4 is 5.73 Å². The van der Waals surface area contributed by atoms with Crippen molar-refractivity contribution in [2.75, 3.05) is 0 Å². The van der Waals surface area contributed by atoms with E-state index in [1.54, 1.807) is 5.38 Å². The van der Waals surface area contributed by atoms with E-state index in [1.165, 1.54) is 23.5 Å². The highest BCUT2D eigenvalue weighted by Crippen LogP contribution is 2.23. The normalized spacial score (nSPS) is 12.8. The molecule has 1 atom stereocenters. The topological polar surface area (TPSA) is 38.9 Å². The van der Waals surface area contributed by atoms with Crippen LogP contribution in [0, 0.1) is 18.6 Å². The fraction of sp³-hybridized carbons (Fsp3) is 0.182. The highest BCUT2D eigenvalue weighted by atomic mass is 32.1. The van der Waals surface area contributed by atoms with Gasteiger partial charge in [-0.25, -0.2) is 13.8 Å². The van der Waals surface area contributed by atoms with Crippen LogP contribution in [-0.2, 0) is 0 Å². The van der Waals surface area contributed by atoms with Crippen molar-refractivity contribution in [1.29, 1.82) is 0 Å². The first kappa shape index (κ1) is 11.2. The zero-order chi connectivity index (χ0) is 11.7. The maximum Gasteiger partial charge on any atom is 0.131 e. The van der Waals surface area contributed by atoms with E-state index in [-0.39, 0.29) is 5.56 Å². The van der Waals surface area contributed by atoms with Crippen molar-refractivity contribution in [3.8, 4) is 0 Å². The smallest absolute Gasteiger partial charge is 0.131 e. The minimum atomic E-state index is -0.648. The van der Waals surface area contributed by atoms with Gasteiger partial charge < -0.3 is 5.73 Å². The number of benzene rings is 1. The standard InChI is InChI=1S/C11H10F2N2S/c1-6-15-10(5-16-6)11(14)8-3-2-7(12)4-9(8)13/h2-5,11H,14H2,1H3. The molecule has 16 heavy (non-hydrogen) atoms. The molecule has 0 amide bonds. The van der Waals surface area contributed by atoms with Crippen LogP contribution in [0.4, 0.5) is 8.78 Å². The Morgan fingerprint density at radius 2 is 2.12 bits per heavy atom. The van der Waals surface area contributed by atoms with Crippen molar-refractivity contribution in [1.82, 2.24) is 4.98 Å². The molecule has 0 spiro atoms. The lowest BCUT2D eigenvalue weighted by molar-refractivity contribution is 0.564. The van der Waals surface area contributed by atoms with Gasteiger partial charge in [0.25, 0.3) is 0 Å². The van der Waals surface area contributed by atoms with E-state index in [1.807, 2.05) is 6.92 Å². The molecule has 1 aromatic carbocycles. The van der Waals surface area contributed by atoms with Gasteiger partial charge in [0.1, 0.15) is 11.6 Å². The number of hydrogen-bond donors (Lipinski definition) is 1. The third kappa shape index (κ3) is 2.10. The summed E-state index contributed by atoms with van der Waals surface area (Å²) in [5, 5.41) is 2.65. The predicted molar refractivity (Wildman–Crippen MR) is 59.2 cm³/mol. The van der Waals surface area contributed by atoms with Crippen molar-refractivity contribution in [2.24, 2.45) is 5.73 Å². The second kappa shape index (κ2) is 4.27. The van der Waals surface area contributed by atoms with Crippen LogP contribution in [0.3, 0.4) is 0 Å². The summed E-state index contributed by atoms with van der Waals surface area (Å²) >= 11 is 1.45. The van der Waals surface area contributed by atoms with Crippen molar-refractivity contribution in [3.05, 3.63) is 51.5 Å². The van der Waals surface area contributed by atoms with Gasteiger partial charge in [-0.2, -0.15) is 0 Å². The molecule has 0 aliphatic heterocycles. The number of rotatable bonds is 2. The predicted octanol–water partition coefficient (Wildman–Crippen LogP) is 2.78. The Kier molecular flexibility index (Phi) is 2.98. The summed E-state index contributed by atoms with van der Waals surface area (Å²) < 4.78 is 26.2. The number of halogens is 2. The SMILES string of the molecule is Cc1nc(C(N)c2ccc(F)cc2F)cs1. The molecular formula is C11H10F2N2S. The third-order valence-corrected chi connectivity index (χ3v) is 3.04. The van der Waals surface area contributed by atoms with Crippen LogP contribution in [0.5, 0.6) is 0 Å². The fourth-order valence-electron chi connectivity index (χ4n) is 1.44. The van der Waals surface area contributed by atoms with Gasteiger partial charge in [-0.3, -0.25) is 0 Å². The molecule has 0 fully saturated rings. The highest BCUT2D eigenvalue weighted by Gasteiger charge is 2.16. The van der Waals surface area contributed by atoms with Gasteiger partial charge in [0.15, 0.2) is 0 Å². The van der Waals surface area contributed by atoms with Crippen LogP contribution >= 0.6 is 11.3 Å². The number of aromatic nitrogens is 1. The van der Waals surface area contributed by atoms with E-state index in [0.29, 0.717) is 5.69 Å². The average Bonchev–Trinajstić information content (AvgIpc) is 2.64. The number of hydrogen-bond acceptors (Lipinski definition) is 3. The van der Waals surface area contributed by atoms with Gasteiger partial charge in [0.05, 0.1) is 16.7 Å². The Morgan fingerprint density at radius 3 is 2.69 bits per heavy atom. The molecule has 0 aliphatic carbocycles. The number of nitrogens with two attached hydrogens (primary N) is 1. The molecule has 0 radical (unpaired) electrons. The molecule has 2 nitrogen and oxygen atoms in total. The van der Waals surface area contributed by atoms with Gasteiger partial charge in [0, 0.05) is 17.0 Å². The van der Waals surface area contributed by atoms with E-state index in [4.69, 9.17) is 5.73 Å². The Hall–Kier alpha value is -1.33. The van der Waals surface area contributed by atoms with Crippen molar-refractivity contribution < 1.29 is 8.78 Å². The van der Waals surface area contributed by atoms with Crippen LogP contribution in [0.2, 0.25) is 0 Å². The first-order chi connectivity index (χ1) is 7.58. The molecule has 1 aromatic heterocycles. The van der Waals surface area contributed by atoms with Gasteiger partial charge in [-0.05, 0) is 13.0 Å². The van der Waals surface area contributed by atoms with E-state index in [0.717, 1.165) is 11.1 Å². The summed E-state index contributed by atoms with van der Waals surface area (Å²) in [5.41, 5.74) is 6.72. The Morgan fingerprint density at radius 1 is 1.38 bits per heavy atom.